The standard InChI is InChI=1S/C15H23NO/c1-11-5-4-6-12(2)15(11)10-17-14-7-13(8-14)9-16-3/h4-6,13-14,16H,7-10H2,1-3H3. The number of aryl methyl sites for hydroxylation is 2. The molecule has 1 aliphatic carbocycles. The molecule has 0 aromatic heterocycles. The van der Waals surface area contributed by atoms with Crippen molar-refractivity contribution in [2.24, 2.45) is 5.92 Å². The Balaban J connectivity index is 1.80. The van der Waals surface area contributed by atoms with E-state index >= 15 is 0 Å². The van der Waals surface area contributed by atoms with E-state index in [0.717, 1.165) is 19.1 Å². The molecule has 0 atom stereocenters. The summed E-state index contributed by atoms with van der Waals surface area (Å²) >= 11 is 0. The maximum atomic E-state index is 5.97. The zero-order valence-corrected chi connectivity index (χ0v) is 11.1. The van der Waals surface area contributed by atoms with Crippen molar-refractivity contribution >= 4 is 0 Å². The van der Waals surface area contributed by atoms with Gasteiger partial charge in [-0.15, -0.1) is 0 Å². The smallest absolute Gasteiger partial charge is 0.0725 e. The van der Waals surface area contributed by atoms with Gasteiger partial charge in [0.1, 0.15) is 0 Å². The molecule has 0 bridgehead atoms. The lowest BCUT2D eigenvalue weighted by Crippen LogP contribution is -2.36. The molecule has 1 N–H and O–H groups in total. The van der Waals surface area contributed by atoms with E-state index < -0.39 is 0 Å². The van der Waals surface area contributed by atoms with Gasteiger partial charge in [0.25, 0.3) is 0 Å². The minimum Gasteiger partial charge on any atom is -0.374 e. The molecule has 0 saturated heterocycles. The van der Waals surface area contributed by atoms with E-state index in [1.54, 1.807) is 0 Å². The van der Waals surface area contributed by atoms with Crippen LogP contribution in [-0.4, -0.2) is 19.7 Å². The third-order valence-electron chi connectivity index (χ3n) is 3.79. The average molecular weight is 233 g/mol. The molecule has 0 heterocycles. The summed E-state index contributed by atoms with van der Waals surface area (Å²) in [6.07, 6.45) is 2.91. The maximum absolute atomic E-state index is 5.97. The molecule has 2 heteroatoms. The van der Waals surface area contributed by atoms with Gasteiger partial charge in [-0.2, -0.15) is 0 Å². The summed E-state index contributed by atoms with van der Waals surface area (Å²) in [6.45, 7) is 6.23. The van der Waals surface area contributed by atoms with Gasteiger partial charge in [-0.1, -0.05) is 18.2 Å². The highest BCUT2D eigenvalue weighted by atomic mass is 16.5. The summed E-state index contributed by atoms with van der Waals surface area (Å²) in [7, 11) is 2.02. The van der Waals surface area contributed by atoms with Gasteiger partial charge >= 0.3 is 0 Å². The topological polar surface area (TPSA) is 21.3 Å². The van der Waals surface area contributed by atoms with Crippen LogP contribution in [0.1, 0.15) is 29.5 Å². The summed E-state index contributed by atoms with van der Waals surface area (Å²) < 4.78 is 5.97. The SMILES string of the molecule is CNCC1CC(OCc2c(C)cccc2C)C1. The minimum atomic E-state index is 0.479. The van der Waals surface area contributed by atoms with Gasteiger partial charge in [0.15, 0.2) is 0 Å². The molecular formula is C15H23NO. The molecular weight excluding hydrogens is 210 g/mol. The van der Waals surface area contributed by atoms with E-state index in [1.807, 2.05) is 7.05 Å². The molecule has 0 spiro atoms. The highest BCUT2D eigenvalue weighted by molar-refractivity contribution is 5.32. The fourth-order valence-electron chi connectivity index (χ4n) is 2.54. The van der Waals surface area contributed by atoms with Crippen LogP contribution in [0.4, 0.5) is 0 Å². The molecule has 0 aliphatic heterocycles. The summed E-state index contributed by atoms with van der Waals surface area (Å²) in [5.41, 5.74) is 4.05. The van der Waals surface area contributed by atoms with E-state index in [1.165, 1.54) is 29.5 Å². The second-order valence-electron chi connectivity index (χ2n) is 5.20. The Kier molecular flexibility index (Phi) is 4.19. The summed E-state index contributed by atoms with van der Waals surface area (Å²) in [6, 6.07) is 6.44. The number of benzene rings is 1. The van der Waals surface area contributed by atoms with Crippen molar-refractivity contribution in [3.8, 4) is 0 Å². The van der Waals surface area contributed by atoms with Crippen molar-refractivity contribution in [1.29, 1.82) is 0 Å². The first-order valence-corrected chi connectivity index (χ1v) is 6.52. The average Bonchev–Trinajstić information content (AvgIpc) is 2.24. The van der Waals surface area contributed by atoms with E-state index in [2.05, 4.69) is 37.4 Å². The number of hydrogen-bond acceptors (Lipinski definition) is 2. The first kappa shape index (κ1) is 12.6. The monoisotopic (exact) mass is 233 g/mol. The molecule has 2 rings (SSSR count). The van der Waals surface area contributed by atoms with Crippen LogP contribution in [0.3, 0.4) is 0 Å². The molecule has 17 heavy (non-hydrogen) atoms. The lowest BCUT2D eigenvalue weighted by Gasteiger charge is -2.35. The third kappa shape index (κ3) is 3.08. The van der Waals surface area contributed by atoms with Crippen LogP contribution in [0.15, 0.2) is 18.2 Å². The second-order valence-corrected chi connectivity index (χ2v) is 5.20. The van der Waals surface area contributed by atoms with E-state index in [-0.39, 0.29) is 0 Å². The Morgan fingerprint density at radius 2 is 1.88 bits per heavy atom. The van der Waals surface area contributed by atoms with E-state index in [9.17, 15) is 0 Å². The molecule has 0 amide bonds. The molecule has 1 aromatic rings. The molecule has 1 aliphatic rings. The number of nitrogens with one attached hydrogen (secondary N) is 1. The Bertz CT molecular complexity index is 349. The number of ether oxygens (including phenoxy) is 1. The fourth-order valence-corrected chi connectivity index (χ4v) is 2.54. The molecule has 1 fully saturated rings. The predicted octanol–water partition coefficient (Wildman–Crippen LogP) is 2.82. The maximum Gasteiger partial charge on any atom is 0.0725 e. The summed E-state index contributed by atoms with van der Waals surface area (Å²) in [4.78, 5) is 0. The van der Waals surface area contributed by atoms with Crippen LogP contribution in [-0.2, 0) is 11.3 Å². The number of hydrogen-bond donors (Lipinski definition) is 1. The quantitative estimate of drug-likeness (QED) is 0.844. The van der Waals surface area contributed by atoms with E-state index in [0.29, 0.717) is 6.10 Å². The fraction of sp³-hybridized carbons (Fsp3) is 0.600. The Hall–Kier alpha value is -0.860. The normalized spacial score (nSPS) is 23.5. The van der Waals surface area contributed by atoms with Crippen molar-refractivity contribution < 1.29 is 4.74 Å². The van der Waals surface area contributed by atoms with Crippen LogP contribution in [0.5, 0.6) is 0 Å². The van der Waals surface area contributed by atoms with Gasteiger partial charge in [0.05, 0.1) is 12.7 Å². The van der Waals surface area contributed by atoms with Crippen molar-refractivity contribution in [3.05, 3.63) is 34.9 Å². The van der Waals surface area contributed by atoms with Gasteiger partial charge in [-0.3, -0.25) is 0 Å². The zero-order chi connectivity index (χ0) is 12.3. The van der Waals surface area contributed by atoms with Crippen molar-refractivity contribution in [3.63, 3.8) is 0 Å². The van der Waals surface area contributed by atoms with Crippen LogP contribution in [0.25, 0.3) is 0 Å². The number of rotatable bonds is 5. The Morgan fingerprint density at radius 1 is 1.24 bits per heavy atom. The lowest BCUT2D eigenvalue weighted by atomic mass is 9.82. The highest BCUT2D eigenvalue weighted by Gasteiger charge is 2.29. The molecule has 0 radical (unpaired) electrons. The van der Waals surface area contributed by atoms with Crippen molar-refractivity contribution in [2.75, 3.05) is 13.6 Å². The molecule has 2 nitrogen and oxygen atoms in total. The first-order valence-electron chi connectivity index (χ1n) is 6.52. The molecule has 1 aromatic carbocycles. The van der Waals surface area contributed by atoms with E-state index in [4.69, 9.17) is 4.74 Å². The Morgan fingerprint density at radius 3 is 2.47 bits per heavy atom. The summed E-state index contributed by atoms with van der Waals surface area (Å²) in [5, 5.41) is 3.23. The van der Waals surface area contributed by atoms with Crippen LogP contribution in [0.2, 0.25) is 0 Å². The van der Waals surface area contributed by atoms with Crippen LogP contribution >= 0.6 is 0 Å². The lowest BCUT2D eigenvalue weighted by molar-refractivity contribution is -0.0394. The molecule has 0 unspecified atom stereocenters. The van der Waals surface area contributed by atoms with Crippen LogP contribution in [0, 0.1) is 19.8 Å². The molecule has 1 saturated carbocycles. The zero-order valence-electron chi connectivity index (χ0n) is 11.1. The largest absolute Gasteiger partial charge is 0.374 e. The van der Waals surface area contributed by atoms with Gasteiger partial charge in [-0.25, -0.2) is 0 Å². The second kappa shape index (κ2) is 5.65. The van der Waals surface area contributed by atoms with Crippen molar-refractivity contribution in [1.82, 2.24) is 5.32 Å². The van der Waals surface area contributed by atoms with Gasteiger partial charge < -0.3 is 10.1 Å². The van der Waals surface area contributed by atoms with Crippen LogP contribution < -0.4 is 5.32 Å². The predicted molar refractivity (Wildman–Crippen MR) is 71.1 cm³/mol. The van der Waals surface area contributed by atoms with Crippen molar-refractivity contribution in [2.45, 2.75) is 39.4 Å². The van der Waals surface area contributed by atoms with Gasteiger partial charge in [0.2, 0.25) is 0 Å². The first-order chi connectivity index (χ1) is 8.20. The summed E-state index contributed by atoms with van der Waals surface area (Å²) in [5.74, 6) is 0.822. The highest BCUT2D eigenvalue weighted by Crippen LogP contribution is 2.30. The third-order valence-corrected chi connectivity index (χ3v) is 3.79. The Labute approximate surface area is 104 Å². The van der Waals surface area contributed by atoms with Gasteiger partial charge in [-0.05, 0) is 62.9 Å². The molecule has 94 valence electrons. The minimum absolute atomic E-state index is 0.479. The van der Waals surface area contributed by atoms with Gasteiger partial charge in [0, 0.05) is 0 Å².